The smallest absolute Gasteiger partial charge is 0.256 e. The molecule has 5 nitrogen and oxygen atoms in total. The molecule has 1 N–H and O–H groups in total. The molecule has 5 rings (SSSR count). The van der Waals surface area contributed by atoms with Crippen LogP contribution >= 0.6 is 0 Å². The van der Waals surface area contributed by atoms with Gasteiger partial charge in [0.1, 0.15) is 11.6 Å². The molecule has 0 unspecified atom stereocenters. The number of hydrogen-bond acceptors (Lipinski definition) is 4. The minimum absolute atomic E-state index is 0.215. The standard InChI is InChI=1S/C28H30FN3O2/c1-19-16-20(17-24-23-18-21(29)8-9-25(23)30-28(24)33)22-6-3-4-7-26(27(19)22)34-15-5-10-32-13-11-31(2)12-14-32/h3-4,6-9,16-18H,5,10-15H2,1-2H3,(H,30,33)/b24-17-. The zero-order chi connectivity index (χ0) is 23.7. The van der Waals surface area contributed by atoms with Gasteiger partial charge in [0.25, 0.3) is 5.91 Å². The summed E-state index contributed by atoms with van der Waals surface area (Å²) < 4.78 is 20.1. The van der Waals surface area contributed by atoms with E-state index in [0.717, 1.165) is 67.1 Å². The Morgan fingerprint density at radius 2 is 1.85 bits per heavy atom. The lowest BCUT2D eigenvalue weighted by Crippen LogP contribution is -2.44. The van der Waals surface area contributed by atoms with E-state index in [-0.39, 0.29) is 11.7 Å². The number of fused-ring (bicyclic) bond motifs is 2. The number of rotatable bonds is 6. The number of halogens is 1. The van der Waals surface area contributed by atoms with Gasteiger partial charge in [0.15, 0.2) is 0 Å². The molecule has 1 aromatic carbocycles. The first-order valence-corrected chi connectivity index (χ1v) is 11.9. The molecule has 2 aliphatic carbocycles. The first kappa shape index (κ1) is 22.6. The van der Waals surface area contributed by atoms with E-state index < -0.39 is 0 Å². The van der Waals surface area contributed by atoms with Gasteiger partial charge in [0, 0.05) is 55.1 Å². The highest BCUT2D eigenvalue weighted by atomic mass is 19.1. The Balaban J connectivity index is 1.35. The molecule has 1 aromatic rings. The van der Waals surface area contributed by atoms with Crippen LogP contribution in [0.5, 0.6) is 5.75 Å². The number of nitrogens with zero attached hydrogens (tertiary/aromatic N) is 2. The van der Waals surface area contributed by atoms with Crippen LogP contribution in [0.25, 0.3) is 22.8 Å². The molecule has 4 aliphatic rings. The second kappa shape index (κ2) is 9.57. The molecule has 2 heterocycles. The molecule has 0 bridgehead atoms. The molecule has 0 saturated carbocycles. The summed E-state index contributed by atoms with van der Waals surface area (Å²) >= 11 is 0. The second-order valence-electron chi connectivity index (χ2n) is 9.20. The summed E-state index contributed by atoms with van der Waals surface area (Å²) in [5.41, 5.74) is 5.79. The van der Waals surface area contributed by atoms with Crippen LogP contribution in [-0.2, 0) is 4.79 Å². The highest BCUT2D eigenvalue weighted by molar-refractivity contribution is 6.35. The number of anilines is 1. The van der Waals surface area contributed by atoms with Crippen LogP contribution < -0.4 is 10.1 Å². The van der Waals surface area contributed by atoms with Gasteiger partial charge in [-0.05, 0) is 67.4 Å². The maximum atomic E-state index is 13.9. The van der Waals surface area contributed by atoms with Crippen molar-refractivity contribution in [2.75, 3.05) is 51.7 Å². The number of amides is 1. The van der Waals surface area contributed by atoms with E-state index in [0.29, 0.717) is 23.4 Å². The minimum Gasteiger partial charge on any atom is -0.493 e. The van der Waals surface area contributed by atoms with Crippen LogP contribution in [0.1, 0.15) is 23.1 Å². The largest absolute Gasteiger partial charge is 0.493 e. The Kier molecular flexibility index (Phi) is 6.35. The monoisotopic (exact) mass is 459 g/mol. The zero-order valence-corrected chi connectivity index (χ0v) is 19.7. The number of aryl methyl sites for hydroxylation is 1. The summed E-state index contributed by atoms with van der Waals surface area (Å²) in [6, 6.07) is 14.5. The van der Waals surface area contributed by atoms with Crippen LogP contribution in [0.4, 0.5) is 10.1 Å². The molecule has 1 amide bonds. The van der Waals surface area contributed by atoms with Crippen LogP contribution in [-0.4, -0.2) is 62.1 Å². The van der Waals surface area contributed by atoms with Crippen molar-refractivity contribution in [3.63, 3.8) is 0 Å². The van der Waals surface area contributed by atoms with E-state index in [1.54, 1.807) is 6.07 Å². The van der Waals surface area contributed by atoms with Crippen molar-refractivity contribution < 1.29 is 13.9 Å². The quantitative estimate of drug-likeness (QED) is 0.427. The number of hydrogen-bond donors (Lipinski definition) is 1. The Morgan fingerprint density at radius 3 is 2.68 bits per heavy atom. The first-order chi connectivity index (χ1) is 16.5. The molecule has 1 fully saturated rings. The number of ether oxygens (including phenoxy) is 1. The highest BCUT2D eigenvalue weighted by Gasteiger charge is 2.26. The summed E-state index contributed by atoms with van der Waals surface area (Å²) in [6.45, 7) is 8.22. The summed E-state index contributed by atoms with van der Waals surface area (Å²) in [6.07, 6.45) is 2.83. The van der Waals surface area contributed by atoms with Crippen molar-refractivity contribution in [3.05, 3.63) is 71.0 Å². The van der Waals surface area contributed by atoms with Crippen molar-refractivity contribution in [2.24, 2.45) is 0 Å². The van der Waals surface area contributed by atoms with E-state index in [9.17, 15) is 9.18 Å². The zero-order valence-electron chi connectivity index (χ0n) is 19.7. The van der Waals surface area contributed by atoms with Crippen molar-refractivity contribution in [1.82, 2.24) is 9.80 Å². The van der Waals surface area contributed by atoms with E-state index in [4.69, 9.17) is 4.74 Å². The third-order valence-electron chi connectivity index (χ3n) is 6.75. The van der Waals surface area contributed by atoms with Gasteiger partial charge in [0.05, 0.1) is 6.61 Å². The predicted octanol–water partition coefficient (Wildman–Crippen LogP) is 4.75. The van der Waals surface area contributed by atoms with E-state index >= 15 is 0 Å². The third kappa shape index (κ3) is 4.56. The summed E-state index contributed by atoms with van der Waals surface area (Å²) in [7, 11) is 2.17. The molecular formula is C28H30FN3O2. The molecule has 0 spiro atoms. The third-order valence-corrected chi connectivity index (χ3v) is 6.75. The number of piperazine rings is 1. The molecule has 0 atom stereocenters. The van der Waals surface area contributed by atoms with Crippen LogP contribution in [0.2, 0.25) is 0 Å². The second-order valence-corrected chi connectivity index (χ2v) is 9.20. The number of benzene rings is 1. The topological polar surface area (TPSA) is 44.8 Å². The maximum Gasteiger partial charge on any atom is 0.256 e. The fourth-order valence-electron chi connectivity index (χ4n) is 4.87. The van der Waals surface area contributed by atoms with Gasteiger partial charge in [-0.3, -0.25) is 4.79 Å². The Morgan fingerprint density at radius 1 is 1.06 bits per heavy atom. The SMILES string of the molecule is Cc1cc(/C=C2\C(=O)Nc3ccc(F)cc32)c2ccccc(OCCCN3CCN(C)CC3)c1-2. The Labute approximate surface area is 200 Å². The lowest BCUT2D eigenvalue weighted by Gasteiger charge is -2.32. The van der Waals surface area contributed by atoms with Gasteiger partial charge in [0.2, 0.25) is 0 Å². The van der Waals surface area contributed by atoms with Crippen molar-refractivity contribution in [2.45, 2.75) is 13.3 Å². The van der Waals surface area contributed by atoms with Gasteiger partial charge in [-0.1, -0.05) is 24.3 Å². The van der Waals surface area contributed by atoms with Gasteiger partial charge in [-0.15, -0.1) is 0 Å². The summed E-state index contributed by atoms with van der Waals surface area (Å²) in [5.74, 6) is 0.277. The lowest BCUT2D eigenvalue weighted by molar-refractivity contribution is -0.110. The number of carbonyl (C=O) groups excluding carboxylic acids is 1. The average molecular weight is 460 g/mol. The van der Waals surface area contributed by atoms with E-state index in [1.165, 1.54) is 12.1 Å². The minimum atomic E-state index is -0.358. The van der Waals surface area contributed by atoms with Crippen molar-refractivity contribution in [1.29, 1.82) is 0 Å². The van der Waals surface area contributed by atoms with Crippen LogP contribution in [0, 0.1) is 12.7 Å². The summed E-state index contributed by atoms with van der Waals surface area (Å²) in [4.78, 5) is 17.5. The molecule has 1 saturated heterocycles. The maximum absolute atomic E-state index is 13.9. The van der Waals surface area contributed by atoms with Crippen molar-refractivity contribution in [3.8, 4) is 16.9 Å². The molecule has 0 radical (unpaired) electrons. The van der Waals surface area contributed by atoms with Crippen LogP contribution in [0.3, 0.4) is 0 Å². The normalized spacial score (nSPS) is 17.9. The predicted molar refractivity (Wildman–Crippen MR) is 135 cm³/mol. The van der Waals surface area contributed by atoms with Crippen LogP contribution in [0.15, 0.2) is 48.5 Å². The van der Waals surface area contributed by atoms with Gasteiger partial charge < -0.3 is 19.9 Å². The van der Waals surface area contributed by atoms with E-state index in [1.807, 2.05) is 30.3 Å². The molecular weight excluding hydrogens is 429 g/mol. The average Bonchev–Trinajstić information content (AvgIpc) is 3.18. The fourth-order valence-corrected chi connectivity index (χ4v) is 4.87. The Hall–Kier alpha value is -3.22. The highest BCUT2D eigenvalue weighted by Crippen LogP contribution is 2.41. The number of likely N-dealkylation sites (N-methyl/N-ethyl adjacent to an activating group) is 1. The molecule has 2 aliphatic heterocycles. The molecule has 6 heteroatoms. The Bertz CT molecular complexity index is 1210. The lowest BCUT2D eigenvalue weighted by atomic mass is 10.0. The molecule has 176 valence electrons. The van der Waals surface area contributed by atoms with Gasteiger partial charge in [-0.2, -0.15) is 0 Å². The number of nitrogens with one attached hydrogen (secondary N) is 1. The fraction of sp³-hybridized carbons (Fsp3) is 0.321. The van der Waals surface area contributed by atoms with E-state index in [2.05, 4.69) is 35.2 Å². The molecule has 0 aromatic heterocycles. The summed E-state index contributed by atoms with van der Waals surface area (Å²) in [5, 5.41) is 2.83. The van der Waals surface area contributed by atoms with Crippen molar-refractivity contribution >= 4 is 23.2 Å². The molecule has 34 heavy (non-hydrogen) atoms. The van der Waals surface area contributed by atoms with Gasteiger partial charge in [-0.25, -0.2) is 4.39 Å². The van der Waals surface area contributed by atoms with Gasteiger partial charge >= 0.3 is 0 Å². The first-order valence-electron chi connectivity index (χ1n) is 11.9. The number of carbonyl (C=O) groups is 1.